The molecule has 1 N–H and O–H groups in total. The topological polar surface area (TPSA) is 92.8 Å². The van der Waals surface area contributed by atoms with Gasteiger partial charge in [0.1, 0.15) is 0 Å². The quantitative estimate of drug-likeness (QED) is 0.710. The molecule has 0 aromatic heterocycles. The van der Waals surface area contributed by atoms with Gasteiger partial charge in [-0.15, -0.1) is 0 Å². The number of amides is 1. The first-order valence-electron chi connectivity index (χ1n) is 9.92. The van der Waals surface area contributed by atoms with E-state index in [1.54, 1.807) is 24.3 Å². The molecule has 0 aliphatic carbocycles. The van der Waals surface area contributed by atoms with Gasteiger partial charge in [0.15, 0.2) is 6.61 Å². The molecule has 0 saturated carbocycles. The Morgan fingerprint density at radius 1 is 1.00 bits per heavy atom. The van der Waals surface area contributed by atoms with Crippen molar-refractivity contribution in [2.75, 3.05) is 25.0 Å². The maximum absolute atomic E-state index is 12.8. The fourth-order valence-corrected chi connectivity index (χ4v) is 4.83. The lowest BCUT2D eigenvalue weighted by Crippen LogP contribution is -2.35. The number of aryl methyl sites for hydroxylation is 2. The molecule has 0 atom stereocenters. The Morgan fingerprint density at radius 2 is 1.73 bits per heavy atom. The van der Waals surface area contributed by atoms with E-state index in [9.17, 15) is 18.0 Å². The summed E-state index contributed by atoms with van der Waals surface area (Å²) in [6, 6.07) is 11.3. The zero-order valence-corrected chi connectivity index (χ0v) is 18.0. The van der Waals surface area contributed by atoms with Crippen LogP contribution in [0, 0.1) is 13.8 Å². The highest BCUT2D eigenvalue weighted by Crippen LogP contribution is 2.23. The van der Waals surface area contributed by atoms with Crippen LogP contribution in [0.25, 0.3) is 0 Å². The van der Waals surface area contributed by atoms with Gasteiger partial charge in [-0.25, -0.2) is 13.2 Å². The molecule has 30 heavy (non-hydrogen) atoms. The van der Waals surface area contributed by atoms with Gasteiger partial charge in [0, 0.05) is 18.8 Å². The van der Waals surface area contributed by atoms with Crippen LogP contribution in [0.5, 0.6) is 0 Å². The lowest BCUT2D eigenvalue weighted by Gasteiger charge is -2.26. The minimum absolute atomic E-state index is 0.134. The molecular formula is C22H26N2O5S. The molecule has 8 heteroatoms. The molecule has 0 spiro atoms. The molecule has 1 saturated heterocycles. The first-order chi connectivity index (χ1) is 14.3. The molecule has 160 valence electrons. The van der Waals surface area contributed by atoms with Crippen LogP contribution in [0.2, 0.25) is 0 Å². The summed E-state index contributed by atoms with van der Waals surface area (Å²) in [5, 5.41) is 2.59. The molecule has 2 aromatic rings. The van der Waals surface area contributed by atoms with Crippen LogP contribution in [-0.2, 0) is 19.6 Å². The van der Waals surface area contributed by atoms with E-state index in [-0.39, 0.29) is 4.90 Å². The predicted octanol–water partition coefficient (Wildman–Crippen LogP) is 3.27. The van der Waals surface area contributed by atoms with Crippen molar-refractivity contribution in [3.63, 3.8) is 0 Å². The monoisotopic (exact) mass is 430 g/mol. The van der Waals surface area contributed by atoms with E-state index in [0.717, 1.165) is 30.4 Å². The summed E-state index contributed by atoms with van der Waals surface area (Å²) in [5.41, 5.74) is 2.73. The van der Waals surface area contributed by atoms with Gasteiger partial charge in [-0.1, -0.05) is 18.6 Å². The van der Waals surface area contributed by atoms with Gasteiger partial charge in [-0.2, -0.15) is 4.31 Å². The van der Waals surface area contributed by atoms with E-state index in [4.69, 9.17) is 4.74 Å². The van der Waals surface area contributed by atoms with Crippen molar-refractivity contribution in [2.24, 2.45) is 0 Å². The SMILES string of the molecule is Cc1ccc(C(=O)OCC(=O)Nc2cccc(S(=O)(=O)N3CCCCC3)c2)cc1C. The van der Waals surface area contributed by atoms with E-state index in [0.29, 0.717) is 24.3 Å². The number of piperidine rings is 1. The molecule has 1 amide bonds. The lowest BCUT2D eigenvalue weighted by atomic mass is 10.1. The third kappa shape index (κ3) is 5.25. The Bertz CT molecular complexity index is 1040. The third-order valence-electron chi connectivity index (χ3n) is 5.15. The van der Waals surface area contributed by atoms with E-state index >= 15 is 0 Å². The standard InChI is InChI=1S/C22H26N2O5S/c1-16-9-10-18(13-17(16)2)22(26)29-15-21(25)23-19-7-6-8-20(14-19)30(27,28)24-11-4-3-5-12-24/h6-10,13-14H,3-5,11-12,15H2,1-2H3,(H,23,25). The average molecular weight is 431 g/mol. The summed E-state index contributed by atoms with van der Waals surface area (Å²) in [5.74, 6) is -1.13. The minimum Gasteiger partial charge on any atom is -0.452 e. The molecule has 7 nitrogen and oxygen atoms in total. The Balaban J connectivity index is 1.61. The van der Waals surface area contributed by atoms with Crippen LogP contribution >= 0.6 is 0 Å². The fraction of sp³-hybridized carbons (Fsp3) is 0.364. The van der Waals surface area contributed by atoms with Crippen molar-refractivity contribution in [3.8, 4) is 0 Å². The van der Waals surface area contributed by atoms with Crippen LogP contribution in [0.15, 0.2) is 47.4 Å². The van der Waals surface area contributed by atoms with Crippen LogP contribution in [0.1, 0.15) is 40.7 Å². The van der Waals surface area contributed by atoms with E-state index < -0.39 is 28.5 Å². The molecule has 3 rings (SSSR count). The lowest BCUT2D eigenvalue weighted by molar-refractivity contribution is -0.119. The second-order valence-electron chi connectivity index (χ2n) is 7.42. The van der Waals surface area contributed by atoms with Gasteiger partial charge in [-0.05, 0) is 68.1 Å². The number of anilines is 1. The van der Waals surface area contributed by atoms with Gasteiger partial charge in [0.05, 0.1) is 10.5 Å². The van der Waals surface area contributed by atoms with Gasteiger partial charge in [0.2, 0.25) is 10.0 Å². The van der Waals surface area contributed by atoms with Crippen molar-refractivity contribution in [2.45, 2.75) is 38.0 Å². The molecule has 0 radical (unpaired) electrons. The number of carbonyl (C=O) groups excluding carboxylic acids is 2. The normalized spacial score (nSPS) is 14.9. The van der Waals surface area contributed by atoms with Crippen LogP contribution in [0.3, 0.4) is 0 Å². The molecule has 2 aromatic carbocycles. The van der Waals surface area contributed by atoms with Crippen molar-refractivity contribution >= 4 is 27.6 Å². The second-order valence-corrected chi connectivity index (χ2v) is 9.35. The van der Waals surface area contributed by atoms with Crippen molar-refractivity contribution in [1.29, 1.82) is 0 Å². The maximum Gasteiger partial charge on any atom is 0.338 e. The van der Waals surface area contributed by atoms with Crippen molar-refractivity contribution in [1.82, 2.24) is 4.31 Å². The van der Waals surface area contributed by atoms with E-state index in [2.05, 4.69) is 5.32 Å². The van der Waals surface area contributed by atoms with Gasteiger partial charge in [-0.3, -0.25) is 4.79 Å². The Labute approximate surface area is 177 Å². The molecule has 1 aliphatic heterocycles. The number of esters is 1. The average Bonchev–Trinajstić information content (AvgIpc) is 2.75. The number of rotatable bonds is 6. The zero-order valence-electron chi connectivity index (χ0n) is 17.2. The predicted molar refractivity (Wildman–Crippen MR) is 114 cm³/mol. The first kappa shape index (κ1) is 22.0. The molecule has 1 aliphatic rings. The molecule has 0 bridgehead atoms. The second kappa shape index (κ2) is 9.40. The Hall–Kier alpha value is -2.71. The summed E-state index contributed by atoms with van der Waals surface area (Å²) in [6.07, 6.45) is 2.73. The number of benzene rings is 2. The number of hydrogen-bond acceptors (Lipinski definition) is 5. The van der Waals surface area contributed by atoms with Gasteiger partial charge in [0.25, 0.3) is 5.91 Å². The first-order valence-corrected chi connectivity index (χ1v) is 11.4. The minimum atomic E-state index is -3.59. The van der Waals surface area contributed by atoms with Crippen LogP contribution in [0.4, 0.5) is 5.69 Å². The van der Waals surface area contributed by atoms with Crippen molar-refractivity contribution in [3.05, 3.63) is 59.2 Å². The highest BCUT2D eigenvalue weighted by molar-refractivity contribution is 7.89. The summed E-state index contributed by atoms with van der Waals surface area (Å²) in [6.45, 7) is 4.39. The Kier molecular flexibility index (Phi) is 6.89. The Morgan fingerprint density at radius 3 is 2.43 bits per heavy atom. The van der Waals surface area contributed by atoms with E-state index in [1.165, 1.54) is 16.4 Å². The summed E-state index contributed by atoms with van der Waals surface area (Å²) < 4.78 is 32.1. The number of sulfonamides is 1. The number of ether oxygens (including phenoxy) is 1. The summed E-state index contributed by atoms with van der Waals surface area (Å²) in [4.78, 5) is 24.5. The number of hydrogen-bond donors (Lipinski definition) is 1. The summed E-state index contributed by atoms with van der Waals surface area (Å²) >= 11 is 0. The van der Waals surface area contributed by atoms with Crippen LogP contribution < -0.4 is 5.32 Å². The molecule has 1 heterocycles. The number of nitrogens with one attached hydrogen (secondary N) is 1. The molecule has 1 fully saturated rings. The molecule has 0 unspecified atom stereocenters. The van der Waals surface area contributed by atoms with Crippen molar-refractivity contribution < 1.29 is 22.7 Å². The van der Waals surface area contributed by atoms with E-state index in [1.807, 2.05) is 19.9 Å². The highest BCUT2D eigenvalue weighted by Gasteiger charge is 2.26. The largest absolute Gasteiger partial charge is 0.452 e. The molecular weight excluding hydrogens is 404 g/mol. The third-order valence-corrected chi connectivity index (χ3v) is 7.04. The zero-order chi connectivity index (χ0) is 21.7. The maximum atomic E-state index is 12.8. The fourth-order valence-electron chi connectivity index (χ4n) is 3.27. The number of nitrogens with zero attached hydrogens (tertiary/aromatic N) is 1. The number of carbonyl (C=O) groups is 2. The summed E-state index contributed by atoms with van der Waals surface area (Å²) in [7, 11) is -3.59. The van der Waals surface area contributed by atoms with Crippen LogP contribution in [-0.4, -0.2) is 44.3 Å². The smallest absolute Gasteiger partial charge is 0.338 e. The highest BCUT2D eigenvalue weighted by atomic mass is 32.2. The van der Waals surface area contributed by atoms with Gasteiger partial charge >= 0.3 is 5.97 Å². The van der Waals surface area contributed by atoms with Gasteiger partial charge < -0.3 is 10.1 Å².